The van der Waals surface area contributed by atoms with E-state index < -0.39 is 18.0 Å². The Kier molecular flexibility index (Phi) is 4.11. The number of carbonyl (C=O) groups is 2. The predicted molar refractivity (Wildman–Crippen MR) is 95.0 cm³/mol. The molecule has 2 amide bonds. The summed E-state index contributed by atoms with van der Waals surface area (Å²) in [5, 5.41) is 5.78. The number of halogens is 2. The molecule has 0 spiro atoms. The van der Waals surface area contributed by atoms with Gasteiger partial charge in [-0.1, -0.05) is 0 Å². The number of rotatable bonds is 5. The molecule has 1 aliphatic heterocycles. The molecule has 0 radical (unpaired) electrons. The van der Waals surface area contributed by atoms with E-state index in [1.807, 2.05) is 0 Å². The molecule has 5 rings (SSSR count). The molecule has 0 aromatic heterocycles. The number of nitrogens with one attached hydrogen (secondary N) is 2. The smallest absolute Gasteiger partial charge is 0.484 e. The summed E-state index contributed by atoms with van der Waals surface area (Å²) in [5.74, 6) is -0.370. The Bertz CT molecular complexity index is 847. The summed E-state index contributed by atoms with van der Waals surface area (Å²) in [6.07, 6.45) is -2.28. The number of alkyl carbamates (subject to hydrolysis) is 1. The topological polar surface area (TPSA) is 95.1 Å². The molecule has 4 aliphatic rings. The van der Waals surface area contributed by atoms with Gasteiger partial charge in [0.15, 0.2) is 18.1 Å². The lowest BCUT2D eigenvalue weighted by atomic mass is 9.44. The number of benzene rings is 1. The Balaban J connectivity index is 1.21. The van der Waals surface area contributed by atoms with Gasteiger partial charge in [0.05, 0.1) is 5.54 Å². The fraction of sp³-hybridized carbons (Fsp3) is 0.579. The summed E-state index contributed by atoms with van der Waals surface area (Å²) >= 11 is 0. The maximum Gasteiger partial charge on any atom is 0.586 e. The molecule has 0 unspecified atom stereocenters. The first-order chi connectivity index (χ1) is 13.4. The fourth-order valence-electron chi connectivity index (χ4n) is 4.07. The van der Waals surface area contributed by atoms with Gasteiger partial charge in [-0.3, -0.25) is 4.79 Å². The van der Waals surface area contributed by atoms with Gasteiger partial charge >= 0.3 is 12.4 Å². The Labute approximate surface area is 165 Å². The van der Waals surface area contributed by atoms with Crippen molar-refractivity contribution in [3.8, 4) is 17.2 Å². The number of fused-ring (bicyclic) bond motifs is 1. The van der Waals surface area contributed by atoms with Gasteiger partial charge in [0.2, 0.25) is 0 Å². The van der Waals surface area contributed by atoms with E-state index in [0.29, 0.717) is 19.3 Å². The van der Waals surface area contributed by atoms with Gasteiger partial charge in [0.1, 0.15) is 11.4 Å². The molecule has 1 heterocycles. The van der Waals surface area contributed by atoms with Gasteiger partial charge < -0.3 is 29.6 Å². The summed E-state index contributed by atoms with van der Waals surface area (Å²) in [4.78, 5) is 24.1. The SMILES string of the molecule is CC(C)(C)OC(=O)NC12CC(NC(=O)COc3ccc4c(c3)OC(F)(F)O4)(C1)C2. The monoisotopic (exact) mass is 412 g/mol. The van der Waals surface area contributed by atoms with Crippen LogP contribution in [0.25, 0.3) is 0 Å². The van der Waals surface area contributed by atoms with Crippen molar-refractivity contribution in [3.05, 3.63) is 18.2 Å². The average Bonchev–Trinajstić information content (AvgIpc) is 2.80. The average molecular weight is 412 g/mol. The molecule has 0 atom stereocenters. The number of alkyl halides is 2. The molecule has 2 N–H and O–H groups in total. The van der Waals surface area contributed by atoms with Crippen molar-refractivity contribution in [3.63, 3.8) is 0 Å². The van der Waals surface area contributed by atoms with Crippen LogP contribution in [-0.2, 0) is 9.53 Å². The van der Waals surface area contributed by atoms with Crippen molar-refractivity contribution in [2.75, 3.05) is 6.61 Å². The molecule has 3 saturated carbocycles. The lowest BCUT2D eigenvalue weighted by Gasteiger charge is -2.70. The number of hydrogen-bond acceptors (Lipinski definition) is 6. The maximum absolute atomic E-state index is 13.0. The quantitative estimate of drug-likeness (QED) is 0.772. The zero-order valence-electron chi connectivity index (χ0n) is 16.3. The third-order valence-electron chi connectivity index (χ3n) is 4.94. The van der Waals surface area contributed by atoms with E-state index in [1.165, 1.54) is 18.2 Å². The number of carbonyl (C=O) groups excluding carboxylic acids is 2. The first kappa shape index (κ1) is 19.5. The number of hydrogen-bond donors (Lipinski definition) is 2. The van der Waals surface area contributed by atoms with Crippen LogP contribution in [0.4, 0.5) is 13.6 Å². The van der Waals surface area contributed by atoms with Gasteiger partial charge in [-0.25, -0.2) is 4.79 Å². The van der Waals surface area contributed by atoms with E-state index in [2.05, 4.69) is 20.1 Å². The molecule has 29 heavy (non-hydrogen) atoms. The number of amides is 2. The van der Waals surface area contributed by atoms with Crippen LogP contribution in [0.1, 0.15) is 40.0 Å². The third-order valence-corrected chi connectivity index (χ3v) is 4.94. The molecule has 1 aromatic carbocycles. The highest BCUT2D eigenvalue weighted by atomic mass is 19.3. The molecule has 8 nitrogen and oxygen atoms in total. The second-order valence-corrected chi connectivity index (χ2v) is 8.83. The Morgan fingerprint density at radius 3 is 2.34 bits per heavy atom. The summed E-state index contributed by atoms with van der Waals surface area (Å²) in [5.41, 5.74) is -1.23. The van der Waals surface area contributed by atoms with Crippen LogP contribution < -0.4 is 24.8 Å². The lowest BCUT2D eigenvalue weighted by Crippen LogP contribution is -2.84. The van der Waals surface area contributed by atoms with Crippen LogP contribution in [-0.4, -0.2) is 41.6 Å². The van der Waals surface area contributed by atoms with Crippen molar-refractivity contribution in [2.24, 2.45) is 0 Å². The third kappa shape index (κ3) is 4.01. The summed E-state index contributed by atoms with van der Waals surface area (Å²) < 4.78 is 45.3. The van der Waals surface area contributed by atoms with Crippen molar-refractivity contribution < 1.29 is 37.3 Å². The van der Waals surface area contributed by atoms with Gasteiger partial charge in [-0.05, 0) is 52.2 Å². The molecule has 3 fully saturated rings. The highest BCUT2D eigenvalue weighted by molar-refractivity contribution is 5.79. The van der Waals surface area contributed by atoms with Crippen molar-refractivity contribution >= 4 is 12.0 Å². The number of ether oxygens (including phenoxy) is 4. The van der Waals surface area contributed by atoms with E-state index in [-0.39, 0.29) is 40.8 Å². The Morgan fingerprint density at radius 1 is 1.07 bits per heavy atom. The molecule has 2 bridgehead atoms. The second kappa shape index (κ2) is 6.11. The summed E-state index contributed by atoms with van der Waals surface area (Å²) in [6.45, 7) is 5.11. The van der Waals surface area contributed by atoms with E-state index >= 15 is 0 Å². The standard InChI is InChI=1S/C19H22F2N2O6/c1-16(2,3)29-15(25)23-18-8-17(9-18,10-18)22-14(24)7-26-11-4-5-12-13(6-11)28-19(20,21)27-12/h4-6H,7-10H2,1-3H3,(H,22,24)(H,23,25). The van der Waals surface area contributed by atoms with Crippen LogP contribution in [0.15, 0.2) is 18.2 Å². The van der Waals surface area contributed by atoms with E-state index in [1.54, 1.807) is 20.8 Å². The highest BCUT2D eigenvalue weighted by Gasteiger charge is 2.69. The van der Waals surface area contributed by atoms with Gasteiger partial charge in [-0.15, -0.1) is 8.78 Å². The summed E-state index contributed by atoms with van der Waals surface area (Å²) in [7, 11) is 0. The Morgan fingerprint density at radius 2 is 1.69 bits per heavy atom. The van der Waals surface area contributed by atoms with E-state index in [9.17, 15) is 18.4 Å². The Hall–Kier alpha value is -2.78. The minimum atomic E-state index is -3.70. The lowest BCUT2D eigenvalue weighted by molar-refractivity contribution is -0.286. The van der Waals surface area contributed by atoms with Crippen LogP contribution in [0, 0.1) is 0 Å². The van der Waals surface area contributed by atoms with Gasteiger partial charge in [0.25, 0.3) is 5.91 Å². The molecule has 1 aromatic rings. The predicted octanol–water partition coefficient (Wildman–Crippen LogP) is 2.70. The second-order valence-electron chi connectivity index (χ2n) is 8.83. The zero-order chi connectivity index (χ0) is 21.1. The minimum absolute atomic E-state index is 0.0940. The highest BCUT2D eigenvalue weighted by Crippen LogP contribution is 2.60. The van der Waals surface area contributed by atoms with Crippen LogP contribution >= 0.6 is 0 Å². The largest absolute Gasteiger partial charge is 0.586 e. The molecular weight excluding hydrogens is 390 g/mol. The molecule has 3 aliphatic carbocycles. The fourth-order valence-corrected chi connectivity index (χ4v) is 4.07. The maximum atomic E-state index is 13.0. The van der Waals surface area contributed by atoms with Crippen molar-refractivity contribution in [2.45, 2.75) is 63.0 Å². The molecule has 10 heteroatoms. The van der Waals surface area contributed by atoms with Gasteiger partial charge in [-0.2, -0.15) is 0 Å². The van der Waals surface area contributed by atoms with Crippen molar-refractivity contribution in [1.82, 2.24) is 10.6 Å². The molecular formula is C19H22F2N2O6. The normalized spacial score (nSPS) is 27.9. The van der Waals surface area contributed by atoms with E-state index in [0.717, 1.165) is 0 Å². The van der Waals surface area contributed by atoms with Crippen LogP contribution in [0.3, 0.4) is 0 Å². The zero-order valence-corrected chi connectivity index (χ0v) is 16.3. The minimum Gasteiger partial charge on any atom is -0.484 e. The first-order valence-electron chi connectivity index (χ1n) is 9.22. The summed E-state index contributed by atoms with van der Waals surface area (Å²) in [6, 6.07) is 3.94. The van der Waals surface area contributed by atoms with Crippen molar-refractivity contribution in [1.29, 1.82) is 0 Å². The van der Waals surface area contributed by atoms with Crippen LogP contribution in [0.5, 0.6) is 17.2 Å². The first-order valence-corrected chi connectivity index (χ1v) is 9.22. The van der Waals surface area contributed by atoms with Gasteiger partial charge in [0, 0.05) is 11.6 Å². The van der Waals surface area contributed by atoms with Crippen LogP contribution in [0.2, 0.25) is 0 Å². The van der Waals surface area contributed by atoms with E-state index in [4.69, 9.17) is 9.47 Å². The molecule has 158 valence electrons. The molecule has 0 saturated heterocycles.